The van der Waals surface area contributed by atoms with Crippen molar-refractivity contribution in [2.75, 3.05) is 13.2 Å². The number of carbonyl (C=O) groups excluding carboxylic acids is 1. The van der Waals surface area contributed by atoms with Gasteiger partial charge in [-0.25, -0.2) is 0 Å². The Balaban J connectivity index is 1.47. The van der Waals surface area contributed by atoms with Gasteiger partial charge >= 0.3 is 0 Å². The summed E-state index contributed by atoms with van der Waals surface area (Å²) < 4.78 is 11.2. The lowest BCUT2D eigenvalue weighted by Gasteiger charge is -2.20. The van der Waals surface area contributed by atoms with Gasteiger partial charge in [0.15, 0.2) is 6.61 Å². The van der Waals surface area contributed by atoms with Crippen molar-refractivity contribution in [2.24, 2.45) is 0 Å². The van der Waals surface area contributed by atoms with E-state index in [-0.39, 0.29) is 24.7 Å². The summed E-state index contributed by atoms with van der Waals surface area (Å²) in [7, 11) is 0. The number of benzene rings is 1. The topological polar surface area (TPSA) is 47.6 Å². The molecule has 1 aromatic carbocycles. The van der Waals surface area contributed by atoms with Crippen LogP contribution in [0.25, 0.3) is 0 Å². The number of ether oxygens (including phenoxy) is 2. The Morgan fingerprint density at radius 1 is 1.38 bits per heavy atom. The smallest absolute Gasteiger partial charge is 0.258 e. The maximum Gasteiger partial charge on any atom is 0.258 e. The van der Waals surface area contributed by atoms with E-state index in [1.54, 1.807) is 0 Å². The van der Waals surface area contributed by atoms with Gasteiger partial charge in [-0.15, -0.1) is 0 Å². The molecule has 2 atom stereocenters. The van der Waals surface area contributed by atoms with Crippen LogP contribution in [0.1, 0.15) is 37.3 Å². The second kappa shape index (κ2) is 6.48. The highest BCUT2D eigenvalue weighted by atomic mass is 16.5. The summed E-state index contributed by atoms with van der Waals surface area (Å²) in [6.07, 6.45) is 5.75. The summed E-state index contributed by atoms with van der Waals surface area (Å²) in [4.78, 5) is 11.9. The third-order valence-corrected chi connectivity index (χ3v) is 4.35. The van der Waals surface area contributed by atoms with Crippen LogP contribution in [0.15, 0.2) is 18.2 Å². The molecule has 4 nitrogen and oxygen atoms in total. The molecule has 0 saturated carbocycles. The summed E-state index contributed by atoms with van der Waals surface area (Å²) >= 11 is 0. The number of hydrogen-bond donors (Lipinski definition) is 1. The van der Waals surface area contributed by atoms with E-state index in [0.29, 0.717) is 0 Å². The molecular weight excluding hydrogens is 266 g/mol. The third-order valence-electron chi connectivity index (χ3n) is 4.35. The van der Waals surface area contributed by atoms with Crippen LogP contribution in [0.2, 0.25) is 0 Å². The number of amides is 1. The Bertz CT molecular complexity index is 509. The van der Waals surface area contributed by atoms with Crippen molar-refractivity contribution in [1.82, 2.24) is 5.32 Å². The Labute approximate surface area is 125 Å². The summed E-state index contributed by atoms with van der Waals surface area (Å²) in [6.45, 7) is 2.86. The third kappa shape index (κ3) is 3.56. The fourth-order valence-electron chi connectivity index (χ4n) is 3.17. The number of carbonyl (C=O) groups is 1. The molecule has 1 N–H and O–H groups in total. The molecule has 0 spiro atoms. The maximum absolute atomic E-state index is 11.9. The zero-order chi connectivity index (χ0) is 14.7. The molecular formula is C17H23NO3. The fraction of sp³-hybridized carbons (Fsp3) is 0.588. The van der Waals surface area contributed by atoms with Crippen molar-refractivity contribution in [1.29, 1.82) is 0 Å². The van der Waals surface area contributed by atoms with Gasteiger partial charge in [0.1, 0.15) is 5.75 Å². The van der Waals surface area contributed by atoms with Crippen LogP contribution in [-0.2, 0) is 22.4 Å². The SMILES string of the molecule is C[C@H](NC(=O)COc1ccc2c(c1)CCC2)[C@@H]1CCCO1. The van der Waals surface area contributed by atoms with Crippen LogP contribution in [0.5, 0.6) is 5.75 Å². The molecule has 114 valence electrons. The monoisotopic (exact) mass is 289 g/mol. The molecule has 4 heteroatoms. The molecule has 0 aromatic heterocycles. The quantitative estimate of drug-likeness (QED) is 0.904. The van der Waals surface area contributed by atoms with Crippen LogP contribution in [0, 0.1) is 0 Å². The van der Waals surface area contributed by atoms with Crippen LogP contribution in [0.4, 0.5) is 0 Å². The first-order valence-corrected chi connectivity index (χ1v) is 7.88. The van der Waals surface area contributed by atoms with Gasteiger partial charge in [-0.3, -0.25) is 4.79 Å². The summed E-state index contributed by atoms with van der Waals surface area (Å²) in [6, 6.07) is 6.19. The number of nitrogens with one attached hydrogen (secondary N) is 1. The lowest BCUT2D eigenvalue weighted by molar-refractivity contribution is -0.124. The van der Waals surface area contributed by atoms with Crippen molar-refractivity contribution < 1.29 is 14.3 Å². The van der Waals surface area contributed by atoms with E-state index in [1.807, 2.05) is 13.0 Å². The van der Waals surface area contributed by atoms with E-state index in [0.717, 1.165) is 38.0 Å². The lowest BCUT2D eigenvalue weighted by Crippen LogP contribution is -2.42. The largest absolute Gasteiger partial charge is 0.484 e. The van der Waals surface area contributed by atoms with E-state index >= 15 is 0 Å². The number of fused-ring (bicyclic) bond motifs is 1. The van der Waals surface area contributed by atoms with Gasteiger partial charge in [0.2, 0.25) is 0 Å². The standard InChI is InChI=1S/C17H23NO3/c1-12(16-6-3-9-20-16)18-17(19)11-21-15-8-7-13-4-2-5-14(13)10-15/h7-8,10,12,16H,2-6,9,11H2,1H3,(H,18,19)/t12-,16-/m0/s1. The molecule has 1 aliphatic heterocycles. The second-order valence-electron chi connectivity index (χ2n) is 5.98. The van der Waals surface area contributed by atoms with Crippen molar-refractivity contribution in [2.45, 2.75) is 51.2 Å². The van der Waals surface area contributed by atoms with Crippen molar-refractivity contribution >= 4 is 5.91 Å². The van der Waals surface area contributed by atoms with Gasteiger partial charge in [0.25, 0.3) is 5.91 Å². The van der Waals surface area contributed by atoms with E-state index in [2.05, 4.69) is 17.4 Å². The van der Waals surface area contributed by atoms with Crippen LogP contribution >= 0.6 is 0 Å². The zero-order valence-electron chi connectivity index (χ0n) is 12.6. The van der Waals surface area contributed by atoms with Gasteiger partial charge in [-0.1, -0.05) is 6.07 Å². The van der Waals surface area contributed by atoms with Gasteiger partial charge in [-0.2, -0.15) is 0 Å². The predicted octanol–water partition coefficient (Wildman–Crippen LogP) is 2.24. The number of aryl methyl sites for hydroxylation is 2. The minimum Gasteiger partial charge on any atom is -0.484 e. The molecule has 2 aliphatic rings. The summed E-state index contributed by atoms with van der Waals surface area (Å²) in [5.74, 6) is 0.703. The Morgan fingerprint density at radius 2 is 2.24 bits per heavy atom. The second-order valence-corrected chi connectivity index (χ2v) is 5.98. The first-order chi connectivity index (χ1) is 10.2. The summed E-state index contributed by atoms with van der Waals surface area (Å²) in [5.41, 5.74) is 2.78. The maximum atomic E-state index is 11.9. The molecule has 1 heterocycles. The van der Waals surface area contributed by atoms with Gasteiger partial charge in [-0.05, 0) is 62.3 Å². The molecule has 0 radical (unpaired) electrons. The molecule has 1 aliphatic carbocycles. The highest BCUT2D eigenvalue weighted by Gasteiger charge is 2.23. The number of hydrogen-bond acceptors (Lipinski definition) is 3. The average molecular weight is 289 g/mol. The molecule has 3 rings (SSSR count). The predicted molar refractivity (Wildman–Crippen MR) is 80.5 cm³/mol. The van der Waals surface area contributed by atoms with Crippen molar-refractivity contribution in [3.63, 3.8) is 0 Å². The first-order valence-electron chi connectivity index (χ1n) is 7.88. The van der Waals surface area contributed by atoms with Crippen molar-refractivity contribution in [3.05, 3.63) is 29.3 Å². The van der Waals surface area contributed by atoms with Crippen molar-refractivity contribution in [3.8, 4) is 5.75 Å². The Kier molecular flexibility index (Phi) is 4.44. The van der Waals surface area contributed by atoms with Crippen LogP contribution < -0.4 is 10.1 Å². The van der Waals surface area contributed by atoms with Crippen LogP contribution in [0.3, 0.4) is 0 Å². The first kappa shape index (κ1) is 14.4. The van der Waals surface area contributed by atoms with Gasteiger partial charge < -0.3 is 14.8 Å². The van der Waals surface area contributed by atoms with Gasteiger partial charge in [0.05, 0.1) is 12.1 Å². The summed E-state index contributed by atoms with van der Waals surface area (Å²) in [5, 5.41) is 2.96. The number of rotatable bonds is 5. The van der Waals surface area contributed by atoms with E-state index in [9.17, 15) is 4.79 Å². The fourth-order valence-corrected chi connectivity index (χ4v) is 3.17. The minimum absolute atomic E-state index is 0.0450. The molecule has 0 unspecified atom stereocenters. The Morgan fingerprint density at radius 3 is 3.05 bits per heavy atom. The molecule has 1 aromatic rings. The highest BCUT2D eigenvalue weighted by molar-refractivity contribution is 5.77. The lowest BCUT2D eigenvalue weighted by atomic mass is 10.1. The average Bonchev–Trinajstić information content (AvgIpc) is 3.15. The van der Waals surface area contributed by atoms with Crippen LogP contribution in [-0.4, -0.2) is 31.3 Å². The van der Waals surface area contributed by atoms with E-state index < -0.39 is 0 Å². The Hall–Kier alpha value is -1.55. The highest BCUT2D eigenvalue weighted by Crippen LogP contribution is 2.25. The van der Waals surface area contributed by atoms with E-state index in [1.165, 1.54) is 17.5 Å². The van der Waals surface area contributed by atoms with Gasteiger partial charge in [0, 0.05) is 6.61 Å². The molecule has 1 saturated heterocycles. The molecule has 0 bridgehead atoms. The molecule has 1 amide bonds. The molecule has 21 heavy (non-hydrogen) atoms. The minimum atomic E-state index is -0.0847. The zero-order valence-corrected chi connectivity index (χ0v) is 12.6. The van der Waals surface area contributed by atoms with E-state index in [4.69, 9.17) is 9.47 Å². The molecule has 1 fully saturated rings. The normalized spacial score (nSPS) is 21.9.